The molecule has 0 radical (unpaired) electrons. The molecule has 1 aliphatic rings. The molecule has 1 amide bonds. The van der Waals surface area contributed by atoms with Crippen molar-refractivity contribution < 1.29 is 9.59 Å². The van der Waals surface area contributed by atoms with Crippen molar-refractivity contribution in [1.82, 2.24) is 4.98 Å². The molecule has 0 aliphatic heterocycles. The van der Waals surface area contributed by atoms with E-state index >= 15 is 0 Å². The van der Waals surface area contributed by atoms with Crippen LogP contribution in [-0.4, -0.2) is 16.7 Å². The fourth-order valence-corrected chi connectivity index (χ4v) is 4.44. The summed E-state index contributed by atoms with van der Waals surface area (Å²) < 4.78 is 0. The SMILES string of the molecule is CC1CCc2nc(NC(=O)CCC(=O)c3cccs3)sc2C1. The Balaban J connectivity index is 1.53. The summed E-state index contributed by atoms with van der Waals surface area (Å²) in [5.74, 6) is 0.585. The number of carbonyl (C=O) groups excluding carboxylic acids is 2. The highest BCUT2D eigenvalue weighted by atomic mass is 32.1. The Hall–Kier alpha value is -1.53. The van der Waals surface area contributed by atoms with Gasteiger partial charge < -0.3 is 5.32 Å². The fourth-order valence-electron chi connectivity index (χ4n) is 2.56. The zero-order valence-electron chi connectivity index (χ0n) is 12.4. The van der Waals surface area contributed by atoms with Crippen molar-refractivity contribution >= 4 is 39.5 Å². The zero-order chi connectivity index (χ0) is 15.5. The first kappa shape index (κ1) is 15.4. The Bertz CT molecular complexity index is 676. The Morgan fingerprint density at radius 3 is 3.05 bits per heavy atom. The van der Waals surface area contributed by atoms with Gasteiger partial charge >= 0.3 is 0 Å². The summed E-state index contributed by atoms with van der Waals surface area (Å²) in [5, 5.41) is 5.38. The van der Waals surface area contributed by atoms with Gasteiger partial charge in [0.2, 0.25) is 5.91 Å². The van der Waals surface area contributed by atoms with E-state index in [2.05, 4.69) is 17.2 Å². The van der Waals surface area contributed by atoms with Gasteiger partial charge in [-0.25, -0.2) is 4.98 Å². The third-order valence-electron chi connectivity index (χ3n) is 3.81. The molecule has 1 unspecified atom stereocenters. The molecule has 0 bridgehead atoms. The Kier molecular flexibility index (Phi) is 4.69. The highest BCUT2D eigenvalue weighted by molar-refractivity contribution is 7.15. The molecule has 0 saturated heterocycles. The summed E-state index contributed by atoms with van der Waals surface area (Å²) in [6.07, 6.45) is 3.67. The highest BCUT2D eigenvalue weighted by Crippen LogP contribution is 2.32. The summed E-state index contributed by atoms with van der Waals surface area (Å²) in [6, 6.07) is 3.64. The molecule has 1 aliphatic carbocycles. The molecular weight excluding hydrogens is 316 g/mol. The molecule has 3 rings (SSSR count). The van der Waals surface area contributed by atoms with Crippen LogP contribution in [0, 0.1) is 5.92 Å². The van der Waals surface area contributed by atoms with Gasteiger partial charge in [-0.1, -0.05) is 13.0 Å². The van der Waals surface area contributed by atoms with Gasteiger partial charge in [0.05, 0.1) is 10.6 Å². The first-order valence-corrected chi connectivity index (χ1v) is 9.16. The van der Waals surface area contributed by atoms with E-state index in [0.29, 0.717) is 15.9 Å². The highest BCUT2D eigenvalue weighted by Gasteiger charge is 2.20. The molecule has 6 heteroatoms. The van der Waals surface area contributed by atoms with Crippen molar-refractivity contribution in [1.29, 1.82) is 0 Å². The van der Waals surface area contributed by atoms with Crippen LogP contribution in [0.15, 0.2) is 17.5 Å². The van der Waals surface area contributed by atoms with Gasteiger partial charge in [0.25, 0.3) is 0 Å². The van der Waals surface area contributed by atoms with Crippen molar-refractivity contribution in [2.24, 2.45) is 5.92 Å². The predicted octanol–water partition coefficient (Wildman–Crippen LogP) is 3.93. The largest absolute Gasteiger partial charge is 0.302 e. The van der Waals surface area contributed by atoms with E-state index in [1.807, 2.05) is 11.4 Å². The number of carbonyl (C=O) groups is 2. The Morgan fingerprint density at radius 2 is 2.27 bits per heavy atom. The van der Waals surface area contributed by atoms with Crippen LogP contribution in [0.4, 0.5) is 5.13 Å². The molecule has 0 aromatic carbocycles. The molecule has 116 valence electrons. The lowest BCUT2D eigenvalue weighted by molar-refractivity contribution is -0.116. The molecule has 0 spiro atoms. The van der Waals surface area contributed by atoms with Crippen LogP contribution in [0.1, 0.15) is 46.4 Å². The van der Waals surface area contributed by atoms with Crippen LogP contribution in [0.2, 0.25) is 0 Å². The lowest BCUT2D eigenvalue weighted by Crippen LogP contribution is -2.13. The molecule has 4 nitrogen and oxygen atoms in total. The maximum atomic E-state index is 12.0. The first-order valence-electron chi connectivity index (χ1n) is 7.47. The van der Waals surface area contributed by atoms with E-state index < -0.39 is 0 Å². The third-order valence-corrected chi connectivity index (χ3v) is 5.75. The van der Waals surface area contributed by atoms with E-state index in [1.54, 1.807) is 17.4 Å². The van der Waals surface area contributed by atoms with Crippen molar-refractivity contribution in [2.75, 3.05) is 5.32 Å². The maximum Gasteiger partial charge on any atom is 0.226 e. The molecule has 0 saturated carbocycles. The van der Waals surface area contributed by atoms with Crippen LogP contribution in [0.25, 0.3) is 0 Å². The smallest absolute Gasteiger partial charge is 0.226 e. The second kappa shape index (κ2) is 6.71. The molecule has 2 aromatic rings. The van der Waals surface area contributed by atoms with Crippen LogP contribution < -0.4 is 5.32 Å². The number of hydrogen-bond donors (Lipinski definition) is 1. The first-order chi connectivity index (χ1) is 10.6. The summed E-state index contributed by atoms with van der Waals surface area (Å²) in [4.78, 5) is 30.4. The van der Waals surface area contributed by atoms with Crippen LogP contribution in [0.5, 0.6) is 0 Å². The number of hydrogen-bond acceptors (Lipinski definition) is 5. The Morgan fingerprint density at radius 1 is 1.41 bits per heavy atom. The number of thiophene rings is 1. The van der Waals surface area contributed by atoms with Crippen molar-refractivity contribution in [3.8, 4) is 0 Å². The van der Waals surface area contributed by atoms with Gasteiger partial charge in [-0.3, -0.25) is 9.59 Å². The number of rotatable bonds is 5. The number of aromatic nitrogens is 1. The minimum absolute atomic E-state index is 0.0254. The van der Waals surface area contributed by atoms with E-state index in [0.717, 1.165) is 18.5 Å². The van der Waals surface area contributed by atoms with Crippen molar-refractivity contribution in [3.63, 3.8) is 0 Å². The molecule has 2 aromatic heterocycles. The third kappa shape index (κ3) is 3.62. The van der Waals surface area contributed by atoms with Gasteiger partial charge in [0.15, 0.2) is 10.9 Å². The lowest BCUT2D eigenvalue weighted by Gasteiger charge is -2.15. The zero-order valence-corrected chi connectivity index (χ0v) is 14.1. The van der Waals surface area contributed by atoms with Gasteiger partial charge in [-0.2, -0.15) is 0 Å². The maximum absolute atomic E-state index is 12.0. The van der Waals surface area contributed by atoms with Gasteiger partial charge in [0.1, 0.15) is 0 Å². The average Bonchev–Trinajstić information content (AvgIpc) is 3.13. The lowest BCUT2D eigenvalue weighted by atomic mass is 9.93. The number of Topliss-reactive ketones (excluding diaryl/α,β-unsaturated/α-hetero) is 1. The molecule has 2 heterocycles. The molecule has 1 atom stereocenters. The number of anilines is 1. The van der Waals surface area contributed by atoms with Crippen LogP contribution in [0.3, 0.4) is 0 Å². The predicted molar refractivity (Wildman–Crippen MR) is 89.8 cm³/mol. The molecule has 1 N–H and O–H groups in total. The summed E-state index contributed by atoms with van der Waals surface area (Å²) in [7, 11) is 0. The second-order valence-electron chi connectivity index (χ2n) is 5.69. The normalized spacial score (nSPS) is 17.0. The van der Waals surface area contributed by atoms with E-state index in [4.69, 9.17) is 0 Å². The van der Waals surface area contributed by atoms with Gasteiger partial charge in [0, 0.05) is 17.7 Å². The molecular formula is C16H18N2O2S2. The quantitative estimate of drug-likeness (QED) is 0.843. The van der Waals surface area contributed by atoms with Gasteiger partial charge in [-0.15, -0.1) is 22.7 Å². The van der Waals surface area contributed by atoms with E-state index in [-0.39, 0.29) is 24.5 Å². The summed E-state index contributed by atoms with van der Waals surface area (Å²) in [6.45, 7) is 2.25. The standard InChI is InChI=1S/C16H18N2O2S2/c1-10-4-5-11-14(9-10)22-16(17-11)18-15(20)7-6-12(19)13-3-2-8-21-13/h2-3,8,10H,4-7,9H2,1H3,(H,17,18,20). The number of nitrogens with zero attached hydrogens (tertiary/aromatic N) is 1. The number of thiazole rings is 1. The summed E-state index contributed by atoms with van der Waals surface area (Å²) >= 11 is 2.99. The van der Waals surface area contributed by atoms with Crippen molar-refractivity contribution in [3.05, 3.63) is 33.0 Å². The number of ketones is 1. The number of nitrogens with one attached hydrogen (secondary N) is 1. The fraction of sp³-hybridized carbons (Fsp3) is 0.438. The number of fused-ring (bicyclic) bond motifs is 1. The van der Waals surface area contributed by atoms with E-state index in [9.17, 15) is 9.59 Å². The Labute approximate surface area is 137 Å². The molecule has 22 heavy (non-hydrogen) atoms. The second-order valence-corrected chi connectivity index (χ2v) is 7.72. The summed E-state index contributed by atoms with van der Waals surface area (Å²) in [5.41, 5.74) is 1.13. The number of aryl methyl sites for hydroxylation is 1. The monoisotopic (exact) mass is 334 g/mol. The minimum Gasteiger partial charge on any atom is -0.302 e. The van der Waals surface area contributed by atoms with Crippen LogP contribution >= 0.6 is 22.7 Å². The average molecular weight is 334 g/mol. The van der Waals surface area contributed by atoms with Crippen LogP contribution in [-0.2, 0) is 17.6 Å². The number of amides is 1. The van der Waals surface area contributed by atoms with Crippen molar-refractivity contribution in [2.45, 2.75) is 39.0 Å². The minimum atomic E-state index is -0.135. The van der Waals surface area contributed by atoms with Gasteiger partial charge in [-0.05, 0) is 36.6 Å². The molecule has 0 fully saturated rings. The topological polar surface area (TPSA) is 59.1 Å². The van der Waals surface area contributed by atoms with E-state index in [1.165, 1.54) is 22.6 Å².